The van der Waals surface area contributed by atoms with Gasteiger partial charge in [0.2, 0.25) is 5.95 Å². The first-order valence-corrected chi connectivity index (χ1v) is 10.0. The van der Waals surface area contributed by atoms with Crippen LogP contribution in [-0.4, -0.2) is 49.5 Å². The number of rotatable bonds is 6. The molecule has 0 radical (unpaired) electrons. The van der Waals surface area contributed by atoms with Crippen molar-refractivity contribution < 1.29 is 14.6 Å². The molecule has 8 heteroatoms. The summed E-state index contributed by atoms with van der Waals surface area (Å²) in [5.74, 6) is 0.116. The normalized spacial score (nSPS) is 20.3. The van der Waals surface area contributed by atoms with E-state index in [1.165, 1.54) is 0 Å². The Kier molecular flexibility index (Phi) is 5.71. The van der Waals surface area contributed by atoms with Gasteiger partial charge in [0.05, 0.1) is 17.4 Å². The minimum absolute atomic E-state index is 0.164. The van der Waals surface area contributed by atoms with E-state index in [9.17, 15) is 9.90 Å². The van der Waals surface area contributed by atoms with Crippen molar-refractivity contribution in [2.24, 2.45) is 0 Å². The predicted molar refractivity (Wildman–Crippen MR) is 109 cm³/mol. The van der Waals surface area contributed by atoms with Crippen LogP contribution in [0.3, 0.4) is 0 Å². The number of benzene rings is 1. The molecule has 1 unspecified atom stereocenters. The van der Waals surface area contributed by atoms with Crippen LogP contribution in [0.25, 0.3) is 10.9 Å². The number of carbonyl (C=O) groups excluding carboxylic acids is 1. The zero-order chi connectivity index (χ0) is 20.2. The van der Waals surface area contributed by atoms with Crippen LogP contribution >= 0.6 is 0 Å². The second kappa shape index (κ2) is 8.57. The summed E-state index contributed by atoms with van der Waals surface area (Å²) < 4.78 is 5.49. The zero-order valence-corrected chi connectivity index (χ0v) is 16.4. The van der Waals surface area contributed by atoms with E-state index in [1.807, 2.05) is 18.3 Å². The molecule has 1 atom stereocenters. The molecule has 2 N–H and O–H groups in total. The number of nitrogens with zero attached hydrogens (tertiary/aromatic N) is 4. The Bertz CT molecular complexity index is 953. The summed E-state index contributed by atoms with van der Waals surface area (Å²) in [4.78, 5) is 23.0. The zero-order valence-electron chi connectivity index (χ0n) is 16.4. The molecule has 0 spiro atoms. The summed E-state index contributed by atoms with van der Waals surface area (Å²) in [7, 11) is 0. The maximum atomic E-state index is 11.9. The highest BCUT2D eigenvalue weighted by molar-refractivity contribution is 5.93. The number of ether oxygens (including phenoxy) is 1. The molecule has 8 nitrogen and oxygen atoms in total. The maximum absolute atomic E-state index is 11.9. The number of esters is 1. The number of aliphatic hydroxyl groups is 1. The Labute approximate surface area is 168 Å². The molecular formula is C21H25N5O3. The number of aromatic amines is 1. The van der Waals surface area contributed by atoms with Crippen molar-refractivity contribution in [3.63, 3.8) is 0 Å². The number of hydrogen-bond donors (Lipinski definition) is 2. The molecule has 2 heterocycles. The minimum atomic E-state index is -1.04. The quantitative estimate of drug-likeness (QED) is 0.618. The molecule has 0 aliphatic heterocycles. The van der Waals surface area contributed by atoms with Crippen LogP contribution < -0.4 is 4.90 Å². The molecule has 1 aromatic carbocycles. The fourth-order valence-corrected chi connectivity index (χ4v) is 3.88. The number of carbonyl (C=O) groups is 1. The molecule has 1 aliphatic rings. The average molecular weight is 395 g/mol. The first-order chi connectivity index (χ1) is 14.2. The molecule has 29 heavy (non-hydrogen) atoms. The SMILES string of the molecule is CCC(O)C(=O)OC1CCC(N(c2ncccn2)c2cccc3[nH]ncc23)CC1. The van der Waals surface area contributed by atoms with Crippen molar-refractivity contribution >= 4 is 28.5 Å². The molecule has 3 aromatic rings. The lowest BCUT2D eigenvalue weighted by atomic mass is 9.91. The standard InChI is InChI=1S/C21H25N5O3/c1-2-19(27)20(28)29-15-9-7-14(8-10-15)26(21-22-11-4-12-23-21)18-6-3-5-17-16(18)13-24-25-17/h3-6,11-15,19,27H,2,7-10H2,1H3,(H,24,25). The van der Waals surface area contributed by atoms with Crippen LogP contribution in [0.1, 0.15) is 39.0 Å². The van der Waals surface area contributed by atoms with Gasteiger partial charge in [0.1, 0.15) is 6.10 Å². The van der Waals surface area contributed by atoms with E-state index in [2.05, 4.69) is 31.1 Å². The summed E-state index contributed by atoms with van der Waals surface area (Å²) in [5.41, 5.74) is 1.96. The highest BCUT2D eigenvalue weighted by atomic mass is 16.6. The van der Waals surface area contributed by atoms with E-state index in [-0.39, 0.29) is 12.1 Å². The minimum Gasteiger partial charge on any atom is -0.460 e. The van der Waals surface area contributed by atoms with E-state index < -0.39 is 12.1 Å². The number of anilines is 2. The second-order valence-corrected chi connectivity index (χ2v) is 7.32. The van der Waals surface area contributed by atoms with Crippen LogP contribution in [0.4, 0.5) is 11.6 Å². The van der Waals surface area contributed by atoms with Crippen LogP contribution in [0.2, 0.25) is 0 Å². The van der Waals surface area contributed by atoms with Gasteiger partial charge in [-0.15, -0.1) is 0 Å². The van der Waals surface area contributed by atoms with Crippen molar-refractivity contribution in [3.8, 4) is 0 Å². The smallest absolute Gasteiger partial charge is 0.335 e. The topological polar surface area (TPSA) is 104 Å². The predicted octanol–water partition coefficient (Wildman–Crippen LogP) is 3.12. The summed E-state index contributed by atoms with van der Waals surface area (Å²) >= 11 is 0. The molecule has 4 rings (SSSR count). The van der Waals surface area contributed by atoms with E-state index in [1.54, 1.807) is 25.4 Å². The summed E-state index contributed by atoms with van der Waals surface area (Å²) in [5, 5.41) is 17.9. The monoisotopic (exact) mass is 395 g/mol. The van der Waals surface area contributed by atoms with Crippen LogP contribution in [-0.2, 0) is 9.53 Å². The second-order valence-electron chi connectivity index (χ2n) is 7.32. The van der Waals surface area contributed by atoms with Crippen molar-refractivity contribution in [2.45, 2.75) is 57.3 Å². The van der Waals surface area contributed by atoms with Gasteiger partial charge in [-0.2, -0.15) is 5.10 Å². The lowest BCUT2D eigenvalue weighted by Crippen LogP contribution is -2.39. The number of H-pyrrole nitrogens is 1. The maximum Gasteiger partial charge on any atom is 0.335 e. The third-order valence-electron chi connectivity index (χ3n) is 5.44. The lowest BCUT2D eigenvalue weighted by molar-refractivity contribution is -0.160. The number of hydrogen-bond acceptors (Lipinski definition) is 7. The van der Waals surface area contributed by atoms with Crippen molar-refractivity contribution in [1.82, 2.24) is 20.2 Å². The van der Waals surface area contributed by atoms with Gasteiger partial charge in [-0.05, 0) is 50.3 Å². The Hall–Kier alpha value is -3.00. The molecule has 1 saturated carbocycles. The van der Waals surface area contributed by atoms with Crippen LogP contribution in [0.15, 0.2) is 42.9 Å². The van der Waals surface area contributed by atoms with E-state index in [0.29, 0.717) is 12.4 Å². The average Bonchev–Trinajstić information content (AvgIpc) is 3.25. The Morgan fingerprint density at radius 3 is 2.72 bits per heavy atom. The fraction of sp³-hybridized carbons (Fsp3) is 0.429. The number of nitrogens with one attached hydrogen (secondary N) is 1. The first-order valence-electron chi connectivity index (χ1n) is 10.0. The van der Waals surface area contributed by atoms with Gasteiger partial charge >= 0.3 is 5.97 Å². The third kappa shape index (κ3) is 4.07. The Morgan fingerprint density at radius 1 is 1.24 bits per heavy atom. The molecule has 0 saturated heterocycles. The van der Waals surface area contributed by atoms with Gasteiger partial charge in [-0.1, -0.05) is 13.0 Å². The van der Waals surface area contributed by atoms with Gasteiger partial charge in [0.25, 0.3) is 0 Å². The molecule has 2 aromatic heterocycles. The largest absolute Gasteiger partial charge is 0.460 e. The van der Waals surface area contributed by atoms with Gasteiger partial charge in [-0.3, -0.25) is 5.10 Å². The number of fused-ring (bicyclic) bond motifs is 1. The molecule has 0 amide bonds. The first kappa shape index (κ1) is 19.3. The number of aromatic nitrogens is 4. The van der Waals surface area contributed by atoms with E-state index in [4.69, 9.17) is 4.74 Å². The highest BCUT2D eigenvalue weighted by Crippen LogP contribution is 2.36. The van der Waals surface area contributed by atoms with Crippen molar-refractivity contribution in [2.75, 3.05) is 4.90 Å². The van der Waals surface area contributed by atoms with Gasteiger partial charge < -0.3 is 14.7 Å². The van der Waals surface area contributed by atoms with E-state index >= 15 is 0 Å². The van der Waals surface area contributed by atoms with Crippen LogP contribution in [0.5, 0.6) is 0 Å². The van der Waals surface area contributed by atoms with E-state index in [0.717, 1.165) is 42.3 Å². The molecule has 152 valence electrons. The van der Waals surface area contributed by atoms with Gasteiger partial charge in [-0.25, -0.2) is 14.8 Å². The third-order valence-corrected chi connectivity index (χ3v) is 5.44. The van der Waals surface area contributed by atoms with Crippen molar-refractivity contribution in [3.05, 3.63) is 42.9 Å². The molecule has 1 aliphatic carbocycles. The summed E-state index contributed by atoms with van der Waals surface area (Å²) in [6, 6.07) is 8.01. The fourth-order valence-electron chi connectivity index (χ4n) is 3.88. The highest BCUT2D eigenvalue weighted by Gasteiger charge is 2.31. The lowest BCUT2D eigenvalue weighted by Gasteiger charge is -2.37. The van der Waals surface area contributed by atoms with Gasteiger partial charge in [0.15, 0.2) is 6.10 Å². The van der Waals surface area contributed by atoms with Crippen molar-refractivity contribution in [1.29, 1.82) is 0 Å². The molecule has 0 bridgehead atoms. The summed E-state index contributed by atoms with van der Waals surface area (Å²) in [6.07, 6.45) is 7.58. The van der Waals surface area contributed by atoms with Crippen LogP contribution in [0, 0.1) is 0 Å². The Morgan fingerprint density at radius 2 is 2.00 bits per heavy atom. The molecule has 1 fully saturated rings. The Balaban J connectivity index is 1.56. The van der Waals surface area contributed by atoms with Gasteiger partial charge in [0, 0.05) is 23.8 Å². The summed E-state index contributed by atoms with van der Waals surface area (Å²) in [6.45, 7) is 1.76. The molecular weight excluding hydrogens is 370 g/mol. The number of aliphatic hydroxyl groups excluding tert-OH is 1.